The largest absolute Gasteiger partial charge is 0.478 e. The van der Waals surface area contributed by atoms with Gasteiger partial charge in [0.1, 0.15) is 0 Å². The summed E-state index contributed by atoms with van der Waals surface area (Å²) in [6.07, 6.45) is -4.64. The Morgan fingerprint density at radius 2 is 1.59 bits per heavy atom. The number of alkyl halides is 3. The van der Waals surface area contributed by atoms with E-state index in [9.17, 15) is 23.1 Å². The molecule has 1 heterocycles. The summed E-state index contributed by atoms with van der Waals surface area (Å²) >= 11 is 5.84. The van der Waals surface area contributed by atoms with E-state index in [0.29, 0.717) is 16.1 Å². The van der Waals surface area contributed by atoms with Gasteiger partial charge in [-0.15, -0.1) is 0 Å². The standard InChI is InChI=1S/C18H11ClF3NO2.C6H15N/c1-9-14(17(24)25)12-3-2-4-13(18(20,21)22)16(12)23-15(9)10-5-7-11(19)8-6-10;1-4-7(5-2)6-3/h2-8H,1H3,(H,24,25);4-6H2,1-3H3. The molecule has 0 aliphatic heterocycles. The van der Waals surface area contributed by atoms with E-state index in [-0.39, 0.29) is 22.2 Å². The average Bonchev–Trinajstić information content (AvgIpc) is 2.74. The molecule has 3 rings (SSSR count). The van der Waals surface area contributed by atoms with E-state index >= 15 is 0 Å². The van der Waals surface area contributed by atoms with Crippen LogP contribution >= 0.6 is 11.6 Å². The number of halogens is 4. The zero-order chi connectivity index (χ0) is 24.1. The molecule has 0 radical (unpaired) electrons. The van der Waals surface area contributed by atoms with E-state index < -0.39 is 17.7 Å². The molecule has 0 bridgehead atoms. The molecule has 1 N–H and O–H groups in total. The summed E-state index contributed by atoms with van der Waals surface area (Å²) in [5.74, 6) is -1.31. The van der Waals surface area contributed by atoms with Crippen molar-refractivity contribution in [3.63, 3.8) is 0 Å². The van der Waals surface area contributed by atoms with Crippen molar-refractivity contribution in [2.24, 2.45) is 0 Å². The molecular formula is C24H26ClF3N2O2. The molecule has 0 fully saturated rings. The molecule has 0 aliphatic carbocycles. The quantitative estimate of drug-likeness (QED) is 0.443. The van der Waals surface area contributed by atoms with Gasteiger partial charge in [-0.25, -0.2) is 9.78 Å². The van der Waals surface area contributed by atoms with Crippen LogP contribution in [-0.4, -0.2) is 40.6 Å². The highest BCUT2D eigenvalue weighted by Crippen LogP contribution is 2.37. The molecule has 0 atom stereocenters. The number of carboxylic acids is 1. The Balaban J connectivity index is 0.000000451. The first-order chi connectivity index (χ1) is 15.0. The van der Waals surface area contributed by atoms with Gasteiger partial charge >= 0.3 is 12.1 Å². The lowest BCUT2D eigenvalue weighted by Gasteiger charge is -2.15. The van der Waals surface area contributed by atoms with E-state index in [1.807, 2.05) is 0 Å². The summed E-state index contributed by atoms with van der Waals surface area (Å²) in [7, 11) is 0. The minimum atomic E-state index is -4.64. The highest BCUT2D eigenvalue weighted by Gasteiger charge is 2.34. The topological polar surface area (TPSA) is 53.4 Å². The van der Waals surface area contributed by atoms with E-state index in [4.69, 9.17) is 11.6 Å². The maximum atomic E-state index is 13.3. The van der Waals surface area contributed by atoms with Gasteiger partial charge in [0.15, 0.2) is 0 Å². The Labute approximate surface area is 190 Å². The number of hydrogen-bond acceptors (Lipinski definition) is 3. The predicted molar refractivity (Wildman–Crippen MR) is 122 cm³/mol. The molecular weight excluding hydrogens is 441 g/mol. The number of fused-ring (bicyclic) bond motifs is 1. The molecule has 32 heavy (non-hydrogen) atoms. The molecule has 2 aromatic carbocycles. The highest BCUT2D eigenvalue weighted by atomic mass is 35.5. The third-order valence-corrected chi connectivity index (χ3v) is 5.49. The van der Waals surface area contributed by atoms with Gasteiger partial charge in [-0.05, 0) is 50.3 Å². The Morgan fingerprint density at radius 1 is 1.03 bits per heavy atom. The smallest absolute Gasteiger partial charge is 0.418 e. The van der Waals surface area contributed by atoms with E-state index in [2.05, 4.69) is 30.7 Å². The molecule has 172 valence electrons. The number of rotatable bonds is 5. The van der Waals surface area contributed by atoms with Crippen LogP contribution in [0.2, 0.25) is 5.02 Å². The summed E-state index contributed by atoms with van der Waals surface area (Å²) in [4.78, 5) is 18.2. The molecule has 4 nitrogen and oxygen atoms in total. The van der Waals surface area contributed by atoms with Crippen molar-refractivity contribution in [2.45, 2.75) is 33.9 Å². The van der Waals surface area contributed by atoms with Gasteiger partial charge in [-0.1, -0.05) is 56.6 Å². The summed E-state index contributed by atoms with van der Waals surface area (Å²) in [6.45, 7) is 11.7. The minimum Gasteiger partial charge on any atom is -0.478 e. The molecule has 0 aliphatic rings. The summed E-state index contributed by atoms with van der Waals surface area (Å²) < 4.78 is 40.0. The number of benzene rings is 2. The fourth-order valence-corrected chi connectivity index (χ4v) is 3.57. The number of pyridine rings is 1. The summed E-state index contributed by atoms with van der Waals surface area (Å²) in [6, 6.07) is 9.72. The van der Waals surface area contributed by atoms with Gasteiger partial charge in [0.25, 0.3) is 0 Å². The molecule has 1 aromatic heterocycles. The van der Waals surface area contributed by atoms with Gasteiger partial charge in [-0.2, -0.15) is 13.2 Å². The Morgan fingerprint density at radius 3 is 2.03 bits per heavy atom. The summed E-state index contributed by atoms with van der Waals surface area (Å²) in [5, 5.41) is 9.95. The second-order valence-electron chi connectivity index (χ2n) is 7.09. The third-order valence-electron chi connectivity index (χ3n) is 5.24. The predicted octanol–water partition coefficient (Wildman–Crippen LogP) is 6.93. The second-order valence-corrected chi connectivity index (χ2v) is 7.53. The summed E-state index contributed by atoms with van der Waals surface area (Å²) in [5.41, 5.74) is -0.588. The first-order valence-corrected chi connectivity index (χ1v) is 10.6. The van der Waals surface area contributed by atoms with Crippen molar-refractivity contribution >= 4 is 28.5 Å². The zero-order valence-corrected chi connectivity index (χ0v) is 19.2. The fraction of sp³-hybridized carbons (Fsp3) is 0.333. The fourth-order valence-electron chi connectivity index (χ4n) is 3.45. The van der Waals surface area contributed by atoms with Crippen LogP contribution in [0.25, 0.3) is 22.2 Å². The monoisotopic (exact) mass is 466 g/mol. The van der Waals surface area contributed by atoms with Crippen LogP contribution in [0.3, 0.4) is 0 Å². The normalized spacial score (nSPS) is 11.4. The molecule has 3 aromatic rings. The second kappa shape index (κ2) is 10.8. The average molecular weight is 467 g/mol. The third kappa shape index (κ3) is 5.78. The van der Waals surface area contributed by atoms with Crippen LogP contribution in [0, 0.1) is 6.92 Å². The van der Waals surface area contributed by atoms with Crippen LogP contribution in [-0.2, 0) is 6.18 Å². The first-order valence-electron chi connectivity index (χ1n) is 10.3. The molecule has 0 saturated carbocycles. The van der Waals surface area contributed by atoms with E-state index in [0.717, 1.165) is 6.07 Å². The van der Waals surface area contributed by atoms with Crippen LogP contribution in [0.15, 0.2) is 42.5 Å². The van der Waals surface area contributed by atoms with Gasteiger partial charge in [0.2, 0.25) is 0 Å². The van der Waals surface area contributed by atoms with Crippen LogP contribution < -0.4 is 0 Å². The van der Waals surface area contributed by atoms with Crippen molar-refractivity contribution < 1.29 is 23.1 Å². The minimum absolute atomic E-state index is 0.0439. The van der Waals surface area contributed by atoms with Crippen molar-refractivity contribution in [3.8, 4) is 11.3 Å². The lowest BCUT2D eigenvalue weighted by Crippen LogP contribution is -2.21. The maximum absolute atomic E-state index is 13.3. The first kappa shape index (κ1) is 25.6. The highest BCUT2D eigenvalue weighted by molar-refractivity contribution is 6.30. The van der Waals surface area contributed by atoms with Crippen molar-refractivity contribution in [3.05, 3.63) is 64.2 Å². The molecule has 0 unspecified atom stereocenters. The van der Waals surface area contributed by atoms with Gasteiger partial charge in [-0.3, -0.25) is 0 Å². The van der Waals surface area contributed by atoms with Crippen LogP contribution in [0.1, 0.15) is 42.3 Å². The maximum Gasteiger partial charge on any atom is 0.418 e. The van der Waals surface area contributed by atoms with Gasteiger partial charge < -0.3 is 10.0 Å². The molecule has 0 amide bonds. The zero-order valence-electron chi connectivity index (χ0n) is 18.4. The number of hydrogen-bond donors (Lipinski definition) is 1. The van der Waals surface area contributed by atoms with Crippen molar-refractivity contribution in [1.29, 1.82) is 0 Å². The Kier molecular flexibility index (Phi) is 8.64. The lowest BCUT2D eigenvalue weighted by molar-refractivity contribution is -0.136. The molecule has 0 saturated heterocycles. The van der Waals surface area contributed by atoms with Crippen molar-refractivity contribution in [2.75, 3.05) is 19.6 Å². The number of aromatic nitrogens is 1. The number of nitrogens with zero attached hydrogens (tertiary/aromatic N) is 2. The van der Waals surface area contributed by atoms with Gasteiger partial charge in [0, 0.05) is 16.0 Å². The van der Waals surface area contributed by atoms with Gasteiger partial charge in [0.05, 0.1) is 22.3 Å². The van der Waals surface area contributed by atoms with E-state index in [1.54, 1.807) is 24.3 Å². The molecule has 0 spiro atoms. The van der Waals surface area contributed by atoms with Crippen LogP contribution in [0.5, 0.6) is 0 Å². The number of para-hydroxylation sites is 1. The number of carboxylic acid groups (broad SMARTS) is 1. The van der Waals surface area contributed by atoms with Crippen LogP contribution in [0.4, 0.5) is 13.2 Å². The van der Waals surface area contributed by atoms with E-state index in [1.165, 1.54) is 38.7 Å². The van der Waals surface area contributed by atoms with Crippen molar-refractivity contribution in [1.82, 2.24) is 9.88 Å². The number of carbonyl (C=O) groups is 1. The lowest BCUT2D eigenvalue weighted by atomic mass is 9.96. The number of aromatic carboxylic acids is 1. The molecule has 8 heteroatoms. The Hall–Kier alpha value is -2.64. The Bertz CT molecular complexity index is 1070. The SMILES string of the molecule is CCN(CC)CC.Cc1c(-c2ccc(Cl)cc2)nc2c(C(F)(F)F)cccc2c1C(=O)O.